The zero-order valence-corrected chi connectivity index (χ0v) is 16.8. The van der Waals surface area contributed by atoms with Crippen LogP contribution in [0.4, 0.5) is 9.59 Å². The molecular formula is C19H33N3O5. The van der Waals surface area contributed by atoms with Crippen molar-refractivity contribution in [1.82, 2.24) is 15.5 Å². The average Bonchev–Trinajstić information content (AvgIpc) is 2.86. The van der Waals surface area contributed by atoms with Gasteiger partial charge in [-0.15, -0.1) is 0 Å². The van der Waals surface area contributed by atoms with Gasteiger partial charge in [0, 0.05) is 18.6 Å². The van der Waals surface area contributed by atoms with E-state index in [2.05, 4.69) is 17.6 Å². The zero-order valence-electron chi connectivity index (χ0n) is 16.8. The van der Waals surface area contributed by atoms with Crippen LogP contribution in [0.2, 0.25) is 0 Å². The molecule has 0 unspecified atom stereocenters. The molecule has 0 aromatic heterocycles. The van der Waals surface area contributed by atoms with Crippen LogP contribution in [0.25, 0.3) is 0 Å². The summed E-state index contributed by atoms with van der Waals surface area (Å²) in [5.74, 6) is 0.165. The van der Waals surface area contributed by atoms with E-state index in [1.165, 1.54) is 0 Å². The highest BCUT2D eigenvalue weighted by Gasteiger charge is 2.42. The maximum Gasteiger partial charge on any atom is 0.407 e. The first-order valence-corrected chi connectivity index (χ1v) is 9.90. The molecule has 0 bridgehead atoms. The molecule has 0 radical (unpaired) electrons. The van der Waals surface area contributed by atoms with Gasteiger partial charge in [0.2, 0.25) is 5.91 Å². The Kier molecular flexibility index (Phi) is 6.95. The van der Waals surface area contributed by atoms with Crippen molar-refractivity contribution < 1.29 is 24.2 Å². The fraction of sp³-hybridized carbons (Fsp3) is 0.842. The van der Waals surface area contributed by atoms with Gasteiger partial charge < -0.3 is 25.4 Å². The Balaban J connectivity index is 1.97. The molecule has 27 heavy (non-hydrogen) atoms. The minimum Gasteiger partial charge on any atom is -0.465 e. The smallest absolute Gasteiger partial charge is 0.407 e. The second-order valence-electron chi connectivity index (χ2n) is 8.59. The molecular weight excluding hydrogens is 350 g/mol. The van der Waals surface area contributed by atoms with Crippen molar-refractivity contribution in [3.05, 3.63) is 0 Å². The molecule has 3 amide bonds. The van der Waals surface area contributed by atoms with Gasteiger partial charge in [-0.1, -0.05) is 13.3 Å². The summed E-state index contributed by atoms with van der Waals surface area (Å²) < 4.78 is 5.35. The Morgan fingerprint density at radius 2 is 1.93 bits per heavy atom. The second-order valence-corrected chi connectivity index (χ2v) is 8.59. The van der Waals surface area contributed by atoms with Crippen molar-refractivity contribution in [1.29, 1.82) is 0 Å². The van der Waals surface area contributed by atoms with Crippen molar-refractivity contribution >= 4 is 18.1 Å². The number of carbonyl (C=O) groups is 3. The maximum absolute atomic E-state index is 12.6. The molecule has 0 aromatic rings. The third-order valence-corrected chi connectivity index (χ3v) is 5.26. The lowest BCUT2D eigenvalue weighted by molar-refractivity contribution is -0.133. The Morgan fingerprint density at radius 1 is 1.22 bits per heavy atom. The van der Waals surface area contributed by atoms with Crippen LogP contribution in [0, 0.1) is 5.92 Å². The van der Waals surface area contributed by atoms with Crippen LogP contribution in [0.3, 0.4) is 0 Å². The Hall–Kier alpha value is -1.99. The summed E-state index contributed by atoms with van der Waals surface area (Å²) in [7, 11) is 0. The van der Waals surface area contributed by atoms with Gasteiger partial charge in [0.15, 0.2) is 0 Å². The fourth-order valence-corrected chi connectivity index (χ4v) is 4.26. The number of alkyl carbamates (subject to hydrolysis) is 1. The highest BCUT2D eigenvalue weighted by Crippen LogP contribution is 2.34. The molecule has 8 nitrogen and oxygen atoms in total. The van der Waals surface area contributed by atoms with E-state index in [4.69, 9.17) is 9.84 Å². The molecule has 1 aliphatic carbocycles. The molecule has 0 aromatic carbocycles. The zero-order chi connectivity index (χ0) is 20.2. The first-order chi connectivity index (χ1) is 12.6. The van der Waals surface area contributed by atoms with Crippen LogP contribution in [0.5, 0.6) is 0 Å². The van der Waals surface area contributed by atoms with E-state index in [0.717, 1.165) is 32.1 Å². The van der Waals surface area contributed by atoms with Gasteiger partial charge in [0.1, 0.15) is 11.6 Å². The summed E-state index contributed by atoms with van der Waals surface area (Å²) >= 11 is 0. The number of amides is 3. The monoisotopic (exact) mass is 383 g/mol. The molecule has 1 aliphatic heterocycles. The van der Waals surface area contributed by atoms with E-state index < -0.39 is 23.8 Å². The van der Waals surface area contributed by atoms with Gasteiger partial charge in [-0.25, -0.2) is 9.59 Å². The number of rotatable bonds is 5. The van der Waals surface area contributed by atoms with Crippen LogP contribution in [-0.4, -0.2) is 58.4 Å². The molecule has 1 saturated heterocycles. The van der Waals surface area contributed by atoms with Crippen LogP contribution in [-0.2, 0) is 9.53 Å². The molecule has 8 heteroatoms. The molecule has 1 saturated carbocycles. The number of hydrogen-bond donors (Lipinski definition) is 3. The summed E-state index contributed by atoms with van der Waals surface area (Å²) in [5, 5.41) is 14.2. The van der Waals surface area contributed by atoms with Crippen LogP contribution in [0.1, 0.15) is 66.2 Å². The molecule has 0 spiro atoms. The summed E-state index contributed by atoms with van der Waals surface area (Å²) in [6.45, 7) is 8.21. The Bertz CT molecular complexity index is 560. The third kappa shape index (κ3) is 6.01. The van der Waals surface area contributed by atoms with E-state index in [1.807, 2.05) is 25.7 Å². The molecule has 4 atom stereocenters. The molecule has 2 rings (SSSR count). The van der Waals surface area contributed by atoms with Crippen molar-refractivity contribution in [2.75, 3.05) is 6.54 Å². The first kappa shape index (κ1) is 21.3. The lowest BCUT2D eigenvalue weighted by atomic mass is 9.78. The fourth-order valence-electron chi connectivity index (χ4n) is 4.26. The number of likely N-dealkylation sites (tertiary alicyclic amines) is 1. The number of carboxylic acid groups (broad SMARTS) is 1. The highest BCUT2D eigenvalue weighted by molar-refractivity contribution is 5.87. The highest BCUT2D eigenvalue weighted by atomic mass is 16.6. The van der Waals surface area contributed by atoms with Gasteiger partial charge in [-0.3, -0.25) is 4.79 Å². The summed E-state index contributed by atoms with van der Waals surface area (Å²) in [6, 6.07) is -0.490. The summed E-state index contributed by atoms with van der Waals surface area (Å²) in [5.41, 5.74) is -0.530. The van der Waals surface area contributed by atoms with Crippen LogP contribution < -0.4 is 10.6 Å². The van der Waals surface area contributed by atoms with Crippen LogP contribution >= 0.6 is 0 Å². The van der Waals surface area contributed by atoms with Crippen molar-refractivity contribution in [3.8, 4) is 0 Å². The second kappa shape index (κ2) is 8.80. The molecule has 3 N–H and O–H groups in total. The minimum absolute atomic E-state index is 0.0401. The number of hydrogen-bond acceptors (Lipinski definition) is 4. The lowest BCUT2D eigenvalue weighted by Crippen LogP contribution is -2.51. The number of carbonyl (C=O) groups excluding carboxylic acids is 2. The standard InChI is InChI=1S/C19H33N3O5/c1-5-6-12-11-13(20-18(26)27-19(2,3)4)7-8-15(12)22-10-9-14(16(22)23)21-17(24)25/h12-15,21H,5-11H2,1-4H3,(H,20,26)(H,24,25)/t12-,13-,14+,15+/m1/s1. The van der Waals surface area contributed by atoms with Crippen LogP contribution in [0.15, 0.2) is 0 Å². The molecule has 2 aliphatic rings. The number of nitrogens with zero attached hydrogens (tertiary/aromatic N) is 1. The molecule has 1 heterocycles. The SMILES string of the molecule is CCC[C@@H]1C[C@H](NC(=O)OC(C)(C)C)CC[C@@H]1N1CC[C@H](NC(=O)O)C1=O. The van der Waals surface area contributed by atoms with Crippen molar-refractivity contribution in [2.45, 2.75) is 89.9 Å². The normalized spacial score (nSPS) is 28.7. The van der Waals surface area contributed by atoms with Gasteiger partial charge in [0.05, 0.1) is 0 Å². The van der Waals surface area contributed by atoms with E-state index in [1.54, 1.807) is 0 Å². The molecule has 2 fully saturated rings. The lowest BCUT2D eigenvalue weighted by Gasteiger charge is -2.41. The van der Waals surface area contributed by atoms with E-state index in [-0.39, 0.29) is 23.9 Å². The van der Waals surface area contributed by atoms with Gasteiger partial charge in [0.25, 0.3) is 0 Å². The summed E-state index contributed by atoms with van der Waals surface area (Å²) in [6.07, 6.45) is 3.31. The number of ether oxygens (including phenoxy) is 1. The van der Waals surface area contributed by atoms with E-state index in [9.17, 15) is 14.4 Å². The van der Waals surface area contributed by atoms with Crippen molar-refractivity contribution in [2.24, 2.45) is 5.92 Å². The Morgan fingerprint density at radius 3 is 2.52 bits per heavy atom. The average molecular weight is 383 g/mol. The van der Waals surface area contributed by atoms with Gasteiger partial charge >= 0.3 is 12.2 Å². The largest absolute Gasteiger partial charge is 0.465 e. The quantitative estimate of drug-likeness (QED) is 0.676. The predicted molar refractivity (Wildman–Crippen MR) is 100 cm³/mol. The Labute approximate surface area is 161 Å². The van der Waals surface area contributed by atoms with Gasteiger partial charge in [-0.2, -0.15) is 0 Å². The maximum atomic E-state index is 12.6. The van der Waals surface area contributed by atoms with E-state index >= 15 is 0 Å². The predicted octanol–water partition coefficient (Wildman–Crippen LogP) is 2.72. The number of nitrogens with one attached hydrogen (secondary N) is 2. The van der Waals surface area contributed by atoms with E-state index in [0.29, 0.717) is 13.0 Å². The topological polar surface area (TPSA) is 108 Å². The molecule has 154 valence electrons. The summed E-state index contributed by atoms with van der Waals surface area (Å²) in [4.78, 5) is 37.4. The first-order valence-electron chi connectivity index (χ1n) is 9.90. The minimum atomic E-state index is -1.16. The third-order valence-electron chi connectivity index (χ3n) is 5.26. The van der Waals surface area contributed by atoms with Gasteiger partial charge in [-0.05, 0) is 58.8 Å². The van der Waals surface area contributed by atoms with Crippen molar-refractivity contribution in [3.63, 3.8) is 0 Å².